The van der Waals surface area contributed by atoms with E-state index in [-0.39, 0.29) is 17.2 Å². The molecule has 2 aromatic rings. The lowest BCUT2D eigenvalue weighted by Gasteiger charge is -2.41. The highest BCUT2D eigenvalue weighted by Crippen LogP contribution is 2.39. The van der Waals surface area contributed by atoms with Crippen LogP contribution in [0.4, 0.5) is 0 Å². The fourth-order valence-corrected chi connectivity index (χ4v) is 4.91. The number of likely N-dealkylation sites (N-methyl/N-ethyl adjacent to an activating group) is 1. The van der Waals surface area contributed by atoms with Crippen LogP contribution >= 0.6 is 11.8 Å². The van der Waals surface area contributed by atoms with Crippen LogP contribution in [0.3, 0.4) is 0 Å². The minimum Gasteiger partial charge on any atom is -0.332 e. The van der Waals surface area contributed by atoms with E-state index in [1.54, 1.807) is 11.8 Å². The number of fused-ring (bicyclic) bond motifs is 1. The van der Waals surface area contributed by atoms with Gasteiger partial charge in [0.25, 0.3) is 0 Å². The maximum absolute atomic E-state index is 13.2. The minimum atomic E-state index is 0.0250. The van der Waals surface area contributed by atoms with Gasteiger partial charge in [-0.3, -0.25) is 4.79 Å². The molecule has 0 bridgehead atoms. The Morgan fingerprint density at radius 3 is 2.58 bits per heavy atom. The third-order valence-electron chi connectivity index (χ3n) is 4.97. The highest BCUT2D eigenvalue weighted by atomic mass is 32.2. The summed E-state index contributed by atoms with van der Waals surface area (Å²) >= 11 is 1.73. The number of carbonyl (C=O) groups excluding carboxylic acids is 1. The van der Waals surface area contributed by atoms with E-state index in [0.29, 0.717) is 0 Å². The summed E-state index contributed by atoms with van der Waals surface area (Å²) in [6, 6.07) is 19.0. The van der Waals surface area contributed by atoms with Crippen LogP contribution in [0.2, 0.25) is 0 Å². The van der Waals surface area contributed by atoms with Crippen LogP contribution in [0.5, 0.6) is 0 Å². The van der Waals surface area contributed by atoms with Crippen LogP contribution in [-0.4, -0.2) is 47.6 Å². The Morgan fingerprint density at radius 2 is 1.79 bits per heavy atom. The second-order valence-corrected chi connectivity index (χ2v) is 7.88. The molecule has 124 valence electrons. The summed E-state index contributed by atoms with van der Waals surface area (Å²) < 4.78 is 0. The molecule has 1 amide bonds. The lowest BCUT2D eigenvalue weighted by molar-refractivity contribution is -0.135. The number of hydrogen-bond acceptors (Lipinski definition) is 3. The van der Waals surface area contributed by atoms with E-state index in [4.69, 9.17) is 0 Å². The Bertz CT molecular complexity index is 708. The summed E-state index contributed by atoms with van der Waals surface area (Å²) in [6.07, 6.45) is 0.855. The second kappa shape index (κ2) is 6.61. The average Bonchev–Trinajstić information content (AvgIpc) is 3.06. The molecule has 4 rings (SSSR count). The number of carbonyl (C=O) groups is 1. The van der Waals surface area contributed by atoms with Crippen molar-refractivity contribution in [3.8, 4) is 0 Å². The Labute approximate surface area is 147 Å². The zero-order chi connectivity index (χ0) is 16.5. The maximum Gasteiger partial charge on any atom is 0.237 e. The van der Waals surface area contributed by atoms with E-state index in [2.05, 4.69) is 65.4 Å². The zero-order valence-corrected chi connectivity index (χ0v) is 14.7. The first-order chi connectivity index (χ1) is 11.7. The fraction of sp³-hybridized carbons (Fsp3) is 0.350. The van der Waals surface area contributed by atoms with Crippen molar-refractivity contribution >= 4 is 17.7 Å². The lowest BCUT2D eigenvalue weighted by atomic mass is 10.0. The zero-order valence-electron chi connectivity index (χ0n) is 13.9. The molecule has 1 saturated heterocycles. The van der Waals surface area contributed by atoms with E-state index in [0.717, 1.165) is 26.1 Å². The van der Waals surface area contributed by atoms with Gasteiger partial charge in [-0.2, -0.15) is 0 Å². The molecule has 2 heterocycles. The van der Waals surface area contributed by atoms with Gasteiger partial charge in [-0.05, 0) is 30.7 Å². The van der Waals surface area contributed by atoms with Crippen molar-refractivity contribution in [3.63, 3.8) is 0 Å². The smallest absolute Gasteiger partial charge is 0.237 e. The SMILES string of the molecule is CN1CCN(C(=O)C2Cc3ccccc3S2)C(c2ccccc2)C1. The molecule has 1 fully saturated rings. The summed E-state index contributed by atoms with van der Waals surface area (Å²) in [6.45, 7) is 2.65. The average molecular weight is 338 g/mol. The molecule has 3 nitrogen and oxygen atoms in total. The number of amides is 1. The van der Waals surface area contributed by atoms with Crippen molar-refractivity contribution in [1.29, 1.82) is 0 Å². The van der Waals surface area contributed by atoms with Crippen LogP contribution < -0.4 is 0 Å². The number of nitrogens with zero attached hydrogens (tertiary/aromatic N) is 2. The Kier molecular flexibility index (Phi) is 4.33. The molecule has 24 heavy (non-hydrogen) atoms. The van der Waals surface area contributed by atoms with Gasteiger partial charge in [0, 0.05) is 24.5 Å². The van der Waals surface area contributed by atoms with E-state index in [1.165, 1.54) is 16.0 Å². The second-order valence-electron chi connectivity index (χ2n) is 6.64. The van der Waals surface area contributed by atoms with Crippen LogP contribution in [0.1, 0.15) is 17.2 Å². The monoisotopic (exact) mass is 338 g/mol. The number of rotatable bonds is 2. The molecule has 2 aromatic carbocycles. The van der Waals surface area contributed by atoms with Crippen LogP contribution in [0, 0.1) is 0 Å². The Balaban J connectivity index is 1.56. The van der Waals surface area contributed by atoms with E-state index >= 15 is 0 Å². The van der Waals surface area contributed by atoms with Crippen molar-refractivity contribution in [2.24, 2.45) is 0 Å². The van der Waals surface area contributed by atoms with Gasteiger partial charge >= 0.3 is 0 Å². The quantitative estimate of drug-likeness (QED) is 0.840. The Morgan fingerprint density at radius 1 is 1.04 bits per heavy atom. The number of thioether (sulfide) groups is 1. The van der Waals surface area contributed by atoms with Gasteiger partial charge in [-0.1, -0.05) is 48.5 Å². The van der Waals surface area contributed by atoms with Gasteiger partial charge in [0.15, 0.2) is 0 Å². The first-order valence-corrected chi connectivity index (χ1v) is 9.39. The van der Waals surface area contributed by atoms with E-state index in [9.17, 15) is 4.79 Å². The summed E-state index contributed by atoms with van der Waals surface area (Å²) in [5.74, 6) is 0.290. The van der Waals surface area contributed by atoms with Gasteiger partial charge in [0.2, 0.25) is 5.91 Å². The third kappa shape index (κ3) is 2.96. The van der Waals surface area contributed by atoms with Gasteiger partial charge in [0.05, 0.1) is 11.3 Å². The third-order valence-corrected chi connectivity index (χ3v) is 6.28. The standard InChI is InChI=1S/C20H22N2OS/c1-21-11-12-22(17(14-21)15-7-3-2-4-8-15)20(23)19-13-16-9-5-6-10-18(16)24-19/h2-10,17,19H,11-14H2,1H3. The summed E-state index contributed by atoms with van der Waals surface area (Å²) in [5, 5.41) is 0.0250. The van der Waals surface area contributed by atoms with Crippen molar-refractivity contribution in [1.82, 2.24) is 9.80 Å². The van der Waals surface area contributed by atoms with Gasteiger partial charge in [-0.25, -0.2) is 0 Å². The molecule has 0 aromatic heterocycles. The molecule has 2 aliphatic rings. The summed E-state index contributed by atoms with van der Waals surface area (Å²) in [4.78, 5) is 18.9. The predicted molar refractivity (Wildman–Crippen MR) is 98.2 cm³/mol. The summed E-state index contributed by atoms with van der Waals surface area (Å²) in [7, 11) is 2.14. The van der Waals surface area contributed by atoms with Crippen LogP contribution in [0.25, 0.3) is 0 Å². The molecule has 0 radical (unpaired) electrons. The van der Waals surface area contributed by atoms with Gasteiger partial charge in [0.1, 0.15) is 0 Å². The summed E-state index contributed by atoms with van der Waals surface area (Å²) in [5.41, 5.74) is 2.55. The van der Waals surface area contributed by atoms with Crippen LogP contribution in [0.15, 0.2) is 59.5 Å². The number of hydrogen-bond donors (Lipinski definition) is 0. The maximum atomic E-state index is 13.2. The minimum absolute atomic E-state index is 0.0250. The molecule has 2 unspecified atom stereocenters. The normalized spacial score (nSPS) is 24.0. The molecule has 2 atom stereocenters. The molecule has 0 aliphatic carbocycles. The van der Waals surface area contributed by atoms with Crippen molar-refractivity contribution in [2.75, 3.05) is 26.7 Å². The molecule has 2 aliphatic heterocycles. The number of benzene rings is 2. The lowest BCUT2D eigenvalue weighted by Crippen LogP contribution is -2.51. The van der Waals surface area contributed by atoms with Gasteiger partial charge < -0.3 is 9.80 Å². The van der Waals surface area contributed by atoms with Crippen molar-refractivity contribution in [3.05, 3.63) is 65.7 Å². The predicted octanol–water partition coefficient (Wildman–Crippen LogP) is 3.22. The Hall–Kier alpha value is -1.78. The van der Waals surface area contributed by atoms with Crippen molar-refractivity contribution < 1.29 is 4.79 Å². The first-order valence-electron chi connectivity index (χ1n) is 8.51. The highest BCUT2D eigenvalue weighted by Gasteiger charge is 2.36. The highest BCUT2D eigenvalue weighted by molar-refractivity contribution is 8.01. The molecule has 0 spiro atoms. The van der Waals surface area contributed by atoms with Crippen LogP contribution in [-0.2, 0) is 11.2 Å². The molecule has 4 heteroatoms. The van der Waals surface area contributed by atoms with Gasteiger partial charge in [-0.15, -0.1) is 11.8 Å². The van der Waals surface area contributed by atoms with E-state index < -0.39 is 0 Å². The topological polar surface area (TPSA) is 23.6 Å². The molecular formula is C20H22N2OS. The molecule has 0 N–H and O–H groups in total. The van der Waals surface area contributed by atoms with Crippen molar-refractivity contribution in [2.45, 2.75) is 22.6 Å². The largest absolute Gasteiger partial charge is 0.332 e. The van der Waals surface area contributed by atoms with E-state index in [1.807, 2.05) is 6.07 Å². The molecule has 0 saturated carbocycles. The molecular weight excluding hydrogens is 316 g/mol. The fourth-order valence-electron chi connectivity index (χ4n) is 3.65. The number of piperazine rings is 1. The first kappa shape index (κ1) is 15.7.